The lowest BCUT2D eigenvalue weighted by Gasteiger charge is -2.20. The van der Waals surface area contributed by atoms with Crippen LogP contribution in [0.4, 0.5) is 0 Å². The first-order valence-corrected chi connectivity index (χ1v) is 3.72. The van der Waals surface area contributed by atoms with E-state index in [-0.39, 0.29) is 5.92 Å². The summed E-state index contributed by atoms with van der Waals surface area (Å²) in [6, 6.07) is 2.72. The Bertz CT molecular complexity index is 149. The molecule has 0 radical (unpaired) electrons. The lowest BCUT2D eigenvalue weighted by atomic mass is 9.87. The second-order valence-corrected chi connectivity index (χ2v) is 2.82. The highest BCUT2D eigenvalue weighted by atomic mass is 14.7. The second kappa shape index (κ2) is 3.36. The third-order valence-electron chi connectivity index (χ3n) is 2.14. The summed E-state index contributed by atoms with van der Waals surface area (Å²) in [5.41, 5.74) is 0. The molecule has 10 heavy (non-hydrogen) atoms. The van der Waals surface area contributed by atoms with Crippen molar-refractivity contribution in [2.24, 2.45) is 10.9 Å². The summed E-state index contributed by atoms with van der Waals surface area (Å²) in [5, 5.41) is 8.55. The van der Waals surface area contributed by atoms with E-state index in [0.29, 0.717) is 6.04 Å². The highest BCUT2D eigenvalue weighted by Gasteiger charge is 2.18. The number of nitrogens with zero attached hydrogens (tertiary/aromatic N) is 2. The lowest BCUT2D eigenvalue weighted by molar-refractivity contribution is 0.384. The van der Waals surface area contributed by atoms with Crippen LogP contribution in [0.3, 0.4) is 0 Å². The highest BCUT2D eigenvalue weighted by molar-refractivity contribution is 5.24. The molecule has 0 unspecified atom stereocenters. The minimum absolute atomic E-state index is 0.290. The van der Waals surface area contributed by atoms with Gasteiger partial charge in [0, 0.05) is 12.0 Å². The summed E-state index contributed by atoms with van der Waals surface area (Å²) >= 11 is 0. The third-order valence-corrected chi connectivity index (χ3v) is 2.14. The van der Waals surface area contributed by atoms with Crippen molar-refractivity contribution in [2.75, 3.05) is 0 Å². The maximum Gasteiger partial charge on any atom is 0.0655 e. The van der Waals surface area contributed by atoms with Gasteiger partial charge in [-0.2, -0.15) is 5.26 Å². The molecule has 1 rings (SSSR count). The molecule has 0 atom stereocenters. The topological polar surface area (TPSA) is 36.1 Å². The van der Waals surface area contributed by atoms with Crippen molar-refractivity contribution in [2.45, 2.75) is 31.7 Å². The van der Waals surface area contributed by atoms with Crippen molar-refractivity contribution in [3.05, 3.63) is 0 Å². The van der Waals surface area contributed by atoms with Crippen LogP contribution in [0, 0.1) is 17.2 Å². The maximum absolute atomic E-state index is 8.55. The Balaban J connectivity index is 2.32. The van der Waals surface area contributed by atoms with Gasteiger partial charge in [0.25, 0.3) is 0 Å². The van der Waals surface area contributed by atoms with Crippen molar-refractivity contribution in [1.82, 2.24) is 0 Å². The Morgan fingerprint density at radius 2 is 1.90 bits per heavy atom. The van der Waals surface area contributed by atoms with Gasteiger partial charge in [-0.15, -0.1) is 0 Å². The molecule has 1 aliphatic rings. The fraction of sp³-hybridized carbons (Fsp3) is 0.750. The molecule has 1 aliphatic carbocycles. The Labute approximate surface area is 61.6 Å². The average molecular weight is 136 g/mol. The van der Waals surface area contributed by atoms with Crippen LogP contribution in [0.2, 0.25) is 0 Å². The normalized spacial score (nSPS) is 32.7. The van der Waals surface area contributed by atoms with E-state index >= 15 is 0 Å². The van der Waals surface area contributed by atoms with E-state index < -0.39 is 0 Å². The zero-order valence-electron chi connectivity index (χ0n) is 6.08. The third kappa shape index (κ3) is 1.57. The summed E-state index contributed by atoms with van der Waals surface area (Å²) in [5.74, 6) is 0.290. The SMILES string of the molecule is C=NC1CCC(C#N)CC1. The molecule has 0 aromatic carbocycles. The van der Waals surface area contributed by atoms with Crippen molar-refractivity contribution < 1.29 is 0 Å². The van der Waals surface area contributed by atoms with Crippen LogP contribution in [0.5, 0.6) is 0 Å². The molecule has 0 aromatic rings. The van der Waals surface area contributed by atoms with Gasteiger partial charge in [-0.25, -0.2) is 0 Å². The van der Waals surface area contributed by atoms with Gasteiger partial charge in [-0.3, -0.25) is 4.99 Å². The second-order valence-electron chi connectivity index (χ2n) is 2.82. The van der Waals surface area contributed by atoms with Gasteiger partial charge in [0.15, 0.2) is 0 Å². The van der Waals surface area contributed by atoms with Gasteiger partial charge in [-0.1, -0.05) is 0 Å². The van der Waals surface area contributed by atoms with E-state index in [1.54, 1.807) is 0 Å². The van der Waals surface area contributed by atoms with Gasteiger partial charge in [0.05, 0.1) is 6.07 Å². The molecule has 0 saturated heterocycles. The maximum atomic E-state index is 8.55. The minimum atomic E-state index is 0.290. The van der Waals surface area contributed by atoms with E-state index in [2.05, 4.69) is 17.8 Å². The first-order valence-electron chi connectivity index (χ1n) is 3.72. The molecule has 0 bridgehead atoms. The Hall–Kier alpha value is -0.840. The fourth-order valence-electron chi connectivity index (χ4n) is 1.39. The van der Waals surface area contributed by atoms with Gasteiger partial charge in [0.1, 0.15) is 0 Å². The average Bonchev–Trinajstić information content (AvgIpc) is 2.05. The summed E-state index contributed by atoms with van der Waals surface area (Å²) in [6.07, 6.45) is 4.14. The van der Waals surface area contributed by atoms with Crippen LogP contribution in [0.15, 0.2) is 4.99 Å². The molecule has 54 valence electrons. The predicted molar refractivity (Wildman–Crippen MR) is 40.9 cm³/mol. The Morgan fingerprint density at radius 1 is 1.30 bits per heavy atom. The largest absolute Gasteiger partial charge is 0.298 e. The van der Waals surface area contributed by atoms with Crippen LogP contribution < -0.4 is 0 Å². The lowest BCUT2D eigenvalue weighted by Crippen LogP contribution is -2.15. The summed E-state index contributed by atoms with van der Waals surface area (Å²) in [7, 11) is 0. The Kier molecular flexibility index (Phi) is 2.44. The minimum Gasteiger partial charge on any atom is -0.298 e. The van der Waals surface area contributed by atoms with Crippen molar-refractivity contribution in [1.29, 1.82) is 5.26 Å². The first-order chi connectivity index (χ1) is 4.86. The highest BCUT2D eigenvalue weighted by Crippen LogP contribution is 2.24. The molecule has 1 saturated carbocycles. The first kappa shape index (κ1) is 7.27. The molecule has 1 fully saturated rings. The van der Waals surface area contributed by atoms with Crippen molar-refractivity contribution in [3.8, 4) is 6.07 Å². The van der Waals surface area contributed by atoms with Crippen LogP contribution >= 0.6 is 0 Å². The Morgan fingerprint density at radius 3 is 2.30 bits per heavy atom. The van der Waals surface area contributed by atoms with Crippen LogP contribution in [-0.2, 0) is 0 Å². The van der Waals surface area contributed by atoms with Crippen molar-refractivity contribution >= 4 is 6.72 Å². The van der Waals surface area contributed by atoms with E-state index in [4.69, 9.17) is 5.26 Å². The van der Waals surface area contributed by atoms with Gasteiger partial charge < -0.3 is 0 Å². The van der Waals surface area contributed by atoms with E-state index in [1.165, 1.54) is 0 Å². The quantitative estimate of drug-likeness (QED) is 0.506. The van der Waals surface area contributed by atoms with Crippen LogP contribution in [-0.4, -0.2) is 12.8 Å². The zero-order valence-corrected chi connectivity index (χ0v) is 6.08. The molecule has 0 aromatic heterocycles. The van der Waals surface area contributed by atoms with Gasteiger partial charge in [0.2, 0.25) is 0 Å². The summed E-state index contributed by atoms with van der Waals surface area (Å²) in [6.45, 7) is 3.50. The van der Waals surface area contributed by atoms with Gasteiger partial charge in [-0.05, 0) is 32.4 Å². The standard InChI is InChI=1S/C8H12N2/c1-10-8-4-2-7(6-9)3-5-8/h7-8H,1-5H2. The van der Waals surface area contributed by atoms with Crippen LogP contribution in [0.1, 0.15) is 25.7 Å². The number of rotatable bonds is 1. The number of nitriles is 1. The van der Waals surface area contributed by atoms with E-state index in [0.717, 1.165) is 25.7 Å². The van der Waals surface area contributed by atoms with E-state index in [9.17, 15) is 0 Å². The molecule has 0 N–H and O–H groups in total. The zero-order chi connectivity index (χ0) is 7.40. The fourth-order valence-corrected chi connectivity index (χ4v) is 1.39. The molecule has 2 heteroatoms. The molecule has 2 nitrogen and oxygen atoms in total. The molecule has 0 spiro atoms. The predicted octanol–water partition coefficient (Wildman–Crippen LogP) is 1.77. The molecular weight excluding hydrogens is 124 g/mol. The van der Waals surface area contributed by atoms with Crippen molar-refractivity contribution in [3.63, 3.8) is 0 Å². The number of aliphatic imine (C=N–C) groups is 1. The smallest absolute Gasteiger partial charge is 0.0655 e. The van der Waals surface area contributed by atoms with E-state index in [1.807, 2.05) is 0 Å². The number of hydrogen-bond acceptors (Lipinski definition) is 2. The summed E-state index contributed by atoms with van der Waals surface area (Å²) < 4.78 is 0. The monoisotopic (exact) mass is 136 g/mol. The number of hydrogen-bond donors (Lipinski definition) is 0. The molecule has 0 heterocycles. The van der Waals surface area contributed by atoms with Crippen LogP contribution in [0.25, 0.3) is 0 Å². The van der Waals surface area contributed by atoms with Gasteiger partial charge >= 0.3 is 0 Å². The molecular formula is C8H12N2. The summed E-state index contributed by atoms with van der Waals surface area (Å²) in [4.78, 5) is 3.96. The molecule has 0 aliphatic heterocycles. The molecule has 0 amide bonds.